The van der Waals surface area contributed by atoms with Crippen LogP contribution in [0.4, 0.5) is 5.69 Å². The zero-order valence-electron chi connectivity index (χ0n) is 11.6. The molecule has 1 amide bonds. The van der Waals surface area contributed by atoms with Gasteiger partial charge < -0.3 is 16.8 Å². The molecule has 2 rings (SSSR count). The van der Waals surface area contributed by atoms with E-state index >= 15 is 0 Å². The molecule has 1 aromatic carbocycles. The number of piperidine rings is 1. The average molecular weight is 274 g/mol. The van der Waals surface area contributed by atoms with Crippen LogP contribution in [0.15, 0.2) is 30.8 Å². The van der Waals surface area contributed by atoms with Crippen molar-refractivity contribution >= 4 is 17.3 Å². The summed E-state index contributed by atoms with van der Waals surface area (Å²) in [5, 5.41) is 2.88. The van der Waals surface area contributed by atoms with Crippen molar-refractivity contribution in [2.75, 3.05) is 25.0 Å². The lowest BCUT2D eigenvalue weighted by atomic mass is 10.1. The first-order chi connectivity index (χ1) is 9.54. The molecule has 1 aliphatic heterocycles. The minimum Gasteiger partial charge on any atom is -0.399 e. The highest BCUT2D eigenvalue weighted by molar-refractivity contribution is 5.92. The van der Waals surface area contributed by atoms with Gasteiger partial charge in [-0.25, -0.2) is 0 Å². The number of likely N-dealkylation sites (tertiary alicyclic amines) is 1. The first-order valence-corrected chi connectivity index (χ1v) is 6.87. The molecule has 1 aromatic rings. The van der Waals surface area contributed by atoms with Crippen LogP contribution in [0, 0.1) is 0 Å². The fraction of sp³-hybridized carbons (Fsp3) is 0.400. The first kappa shape index (κ1) is 14.6. The molecule has 1 aliphatic rings. The minimum absolute atomic E-state index is 0.000188. The number of carbonyl (C=O) groups is 1. The largest absolute Gasteiger partial charge is 0.399 e. The van der Waals surface area contributed by atoms with Gasteiger partial charge in [-0.3, -0.25) is 9.69 Å². The summed E-state index contributed by atoms with van der Waals surface area (Å²) in [6.45, 7) is 5.87. The van der Waals surface area contributed by atoms with Gasteiger partial charge in [0.05, 0.1) is 6.54 Å². The van der Waals surface area contributed by atoms with Gasteiger partial charge in [-0.05, 0) is 30.5 Å². The van der Waals surface area contributed by atoms with Crippen LogP contribution in [0.5, 0.6) is 0 Å². The number of hydrogen-bond donors (Lipinski definition) is 3. The normalized spacial score (nSPS) is 16.9. The predicted molar refractivity (Wildman–Crippen MR) is 81.9 cm³/mol. The molecule has 1 heterocycles. The zero-order chi connectivity index (χ0) is 14.5. The van der Waals surface area contributed by atoms with Crippen molar-refractivity contribution in [2.45, 2.75) is 18.9 Å². The highest BCUT2D eigenvalue weighted by atomic mass is 16.2. The van der Waals surface area contributed by atoms with E-state index in [-0.39, 0.29) is 11.9 Å². The van der Waals surface area contributed by atoms with E-state index in [1.165, 1.54) is 0 Å². The molecule has 5 heteroatoms. The molecular weight excluding hydrogens is 252 g/mol. The Morgan fingerprint density at radius 2 is 1.90 bits per heavy atom. The molecule has 108 valence electrons. The number of anilines is 1. The maximum atomic E-state index is 12.0. The SMILES string of the molecule is C=C(N)c1ccc(NC(=O)CN2CCC(N)CC2)cc1. The molecular formula is C15H22N4O. The molecule has 0 radical (unpaired) electrons. The molecule has 0 saturated carbocycles. The summed E-state index contributed by atoms with van der Waals surface area (Å²) in [5.74, 6) is -0.000188. The Bertz CT molecular complexity index is 475. The van der Waals surface area contributed by atoms with Gasteiger partial charge in [-0.2, -0.15) is 0 Å². The Morgan fingerprint density at radius 1 is 1.30 bits per heavy atom. The smallest absolute Gasteiger partial charge is 0.238 e. The number of nitrogens with two attached hydrogens (primary N) is 2. The second-order valence-electron chi connectivity index (χ2n) is 5.26. The van der Waals surface area contributed by atoms with Gasteiger partial charge >= 0.3 is 0 Å². The van der Waals surface area contributed by atoms with Crippen LogP contribution in [-0.4, -0.2) is 36.5 Å². The van der Waals surface area contributed by atoms with E-state index in [1.807, 2.05) is 24.3 Å². The van der Waals surface area contributed by atoms with Gasteiger partial charge in [0.1, 0.15) is 0 Å². The van der Waals surface area contributed by atoms with Gasteiger partial charge in [-0.15, -0.1) is 0 Å². The second-order valence-corrected chi connectivity index (χ2v) is 5.26. The van der Waals surface area contributed by atoms with Crippen molar-refractivity contribution < 1.29 is 4.79 Å². The van der Waals surface area contributed by atoms with Gasteiger partial charge in [0.15, 0.2) is 0 Å². The number of benzene rings is 1. The quantitative estimate of drug-likeness (QED) is 0.764. The third kappa shape index (κ3) is 4.08. The Labute approximate surface area is 119 Å². The van der Waals surface area contributed by atoms with Crippen LogP contribution in [0.3, 0.4) is 0 Å². The van der Waals surface area contributed by atoms with Gasteiger partial charge in [0, 0.05) is 30.5 Å². The molecule has 1 fully saturated rings. The van der Waals surface area contributed by atoms with Crippen molar-refractivity contribution in [3.63, 3.8) is 0 Å². The lowest BCUT2D eigenvalue weighted by molar-refractivity contribution is -0.117. The first-order valence-electron chi connectivity index (χ1n) is 6.87. The van der Waals surface area contributed by atoms with Crippen molar-refractivity contribution in [2.24, 2.45) is 11.5 Å². The standard InChI is InChI=1S/C15H22N4O/c1-11(16)12-2-4-14(5-3-12)18-15(20)10-19-8-6-13(17)7-9-19/h2-5,13H,1,6-10,16-17H2,(H,18,20). The fourth-order valence-corrected chi connectivity index (χ4v) is 2.28. The highest BCUT2D eigenvalue weighted by Gasteiger charge is 2.18. The van der Waals surface area contributed by atoms with Crippen LogP contribution in [0.2, 0.25) is 0 Å². The maximum absolute atomic E-state index is 12.0. The van der Waals surface area contributed by atoms with Gasteiger partial charge in [0.25, 0.3) is 0 Å². The van der Waals surface area contributed by atoms with E-state index in [0.717, 1.165) is 37.2 Å². The number of rotatable bonds is 4. The molecule has 0 aliphatic carbocycles. The van der Waals surface area contributed by atoms with Crippen LogP contribution < -0.4 is 16.8 Å². The lowest BCUT2D eigenvalue weighted by Gasteiger charge is -2.29. The zero-order valence-corrected chi connectivity index (χ0v) is 11.6. The Hall–Kier alpha value is -1.85. The molecule has 0 unspecified atom stereocenters. The van der Waals surface area contributed by atoms with Crippen molar-refractivity contribution in [3.8, 4) is 0 Å². The van der Waals surface area contributed by atoms with Crippen molar-refractivity contribution in [1.29, 1.82) is 0 Å². The number of nitrogens with zero attached hydrogens (tertiary/aromatic N) is 1. The van der Waals surface area contributed by atoms with Crippen molar-refractivity contribution in [1.82, 2.24) is 4.90 Å². The fourth-order valence-electron chi connectivity index (χ4n) is 2.28. The third-order valence-electron chi connectivity index (χ3n) is 3.54. The van der Waals surface area contributed by atoms with E-state index in [2.05, 4.69) is 16.8 Å². The summed E-state index contributed by atoms with van der Waals surface area (Å²) < 4.78 is 0. The molecule has 0 spiro atoms. The van der Waals surface area contributed by atoms with Crippen LogP contribution in [0.25, 0.3) is 5.70 Å². The molecule has 0 bridgehead atoms. The summed E-state index contributed by atoms with van der Waals surface area (Å²) in [5.41, 5.74) is 13.6. The van der Waals surface area contributed by atoms with Gasteiger partial charge in [-0.1, -0.05) is 18.7 Å². The summed E-state index contributed by atoms with van der Waals surface area (Å²) in [6, 6.07) is 7.64. The van der Waals surface area contributed by atoms with Gasteiger partial charge in [0.2, 0.25) is 5.91 Å². The predicted octanol–water partition coefficient (Wildman–Crippen LogP) is 0.978. The van der Waals surface area contributed by atoms with Crippen LogP contribution in [0.1, 0.15) is 18.4 Å². The number of carbonyl (C=O) groups excluding carboxylic acids is 1. The number of nitrogens with one attached hydrogen (secondary N) is 1. The molecule has 20 heavy (non-hydrogen) atoms. The molecule has 0 aromatic heterocycles. The summed E-state index contributed by atoms with van der Waals surface area (Å²) in [4.78, 5) is 14.1. The van der Waals surface area contributed by atoms with E-state index in [4.69, 9.17) is 11.5 Å². The highest BCUT2D eigenvalue weighted by Crippen LogP contribution is 2.13. The Kier molecular flexibility index (Phi) is 4.76. The number of hydrogen-bond acceptors (Lipinski definition) is 4. The number of amides is 1. The monoisotopic (exact) mass is 274 g/mol. The topological polar surface area (TPSA) is 84.4 Å². The minimum atomic E-state index is -0.000188. The molecule has 1 saturated heterocycles. The average Bonchev–Trinajstić information content (AvgIpc) is 2.42. The lowest BCUT2D eigenvalue weighted by Crippen LogP contribution is -2.43. The summed E-state index contributed by atoms with van der Waals surface area (Å²) >= 11 is 0. The maximum Gasteiger partial charge on any atom is 0.238 e. The molecule has 0 atom stereocenters. The molecule has 5 nitrogen and oxygen atoms in total. The Balaban J connectivity index is 1.83. The van der Waals surface area contributed by atoms with E-state index in [1.54, 1.807) is 0 Å². The van der Waals surface area contributed by atoms with Crippen molar-refractivity contribution in [3.05, 3.63) is 36.4 Å². The Morgan fingerprint density at radius 3 is 2.45 bits per heavy atom. The van der Waals surface area contributed by atoms with E-state index in [9.17, 15) is 4.79 Å². The van der Waals surface area contributed by atoms with E-state index < -0.39 is 0 Å². The second kappa shape index (κ2) is 6.54. The third-order valence-corrected chi connectivity index (χ3v) is 3.54. The van der Waals surface area contributed by atoms with Crippen LogP contribution in [-0.2, 0) is 4.79 Å². The molecule has 5 N–H and O–H groups in total. The summed E-state index contributed by atoms with van der Waals surface area (Å²) in [7, 11) is 0. The van der Waals surface area contributed by atoms with Crippen LogP contribution >= 0.6 is 0 Å². The van der Waals surface area contributed by atoms with E-state index in [0.29, 0.717) is 12.2 Å². The summed E-state index contributed by atoms with van der Waals surface area (Å²) in [6.07, 6.45) is 1.92.